The first-order valence-electron chi connectivity index (χ1n) is 7.49. The van der Waals surface area contributed by atoms with E-state index in [1.54, 1.807) is 6.20 Å². The first kappa shape index (κ1) is 14.1. The average molecular weight is 263 g/mol. The number of amides is 1. The molecular weight excluding hydrogens is 238 g/mol. The average Bonchev–Trinajstić information content (AvgIpc) is 2.82. The van der Waals surface area contributed by atoms with E-state index < -0.39 is 0 Å². The third-order valence-electron chi connectivity index (χ3n) is 4.24. The minimum atomic E-state index is 0.142. The number of nitrogens with one attached hydrogen (secondary N) is 1. The van der Waals surface area contributed by atoms with Gasteiger partial charge in [-0.05, 0) is 31.6 Å². The lowest BCUT2D eigenvalue weighted by Gasteiger charge is -2.27. The van der Waals surface area contributed by atoms with E-state index in [9.17, 15) is 4.79 Å². The SMILES string of the molecule is CCCCC1CCC(C(=O)Nc2nccn2C)CC1. The van der Waals surface area contributed by atoms with Crippen molar-refractivity contribution in [2.24, 2.45) is 18.9 Å². The lowest BCUT2D eigenvalue weighted by atomic mass is 9.79. The smallest absolute Gasteiger partial charge is 0.229 e. The fourth-order valence-electron chi connectivity index (χ4n) is 2.90. The van der Waals surface area contributed by atoms with Gasteiger partial charge in [0.1, 0.15) is 0 Å². The maximum absolute atomic E-state index is 12.2. The number of hydrogen-bond acceptors (Lipinski definition) is 2. The lowest BCUT2D eigenvalue weighted by molar-refractivity contribution is -0.121. The number of imidazole rings is 1. The summed E-state index contributed by atoms with van der Waals surface area (Å²) in [5.41, 5.74) is 0. The molecule has 0 spiro atoms. The molecule has 0 aliphatic heterocycles. The van der Waals surface area contributed by atoms with Gasteiger partial charge in [-0.1, -0.05) is 26.2 Å². The zero-order valence-electron chi connectivity index (χ0n) is 12.1. The fraction of sp³-hybridized carbons (Fsp3) is 0.733. The number of carbonyl (C=O) groups is 1. The van der Waals surface area contributed by atoms with Crippen molar-refractivity contribution in [3.8, 4) is 0 Å². The minimum Gasteiger partial charge on any atom is -0.320 e. The van der Waals surface area contributed by atoms with Gasteiger partial charge >= 0.3 is 0 Å². The van der Waals surface area contributed by atoms with Crippen molar-refractivity contribution in [1.82, 2.24) is 9.55 Å². The normalized spacial score (nSPS) is 23.3. The molecule has 0 radical (unpaired) electrons. The lowest BCUT2D eigenvalue weighted by Crippen LogP contribution is -2.28. The molecule has 1 N–H and O–H groups in total. The molecule has 0 saturated heterocycles. The van der Waals surface area contributed by atoms with E-state index in [4.69, 9.17) is 0 Å². The van der Waals surface area contributed by atoms with Crippen molar-refractivity contribution in [3.63, 3.8) is 0 Å². The minimum absolute atomic E-state index is 0.142. The van der Waals surface area contributed by atoms with Crippen LogP contribution in [0.5, 0.6) is 0 Å². The summed E-state index contributed by atoms with van der Waals surface area (Å²) in [6.07, 6.45) is 12.0. The van der Waals surface area contributed by atoms with Crippen LogP contribution in [0.1, 0.15) is 51.9 Å². The first-order chi connectivity index (χ1) is 9.20. The van der Waals surface area contributed by atoms with Gasteiger partial charge in [-0.25, -0.2) is 4.98 Å². The second kappa shape index (κ2) is 6.73. The number of aryl methyl sites for hydroxylation is 1. The maximum Gasteiger partial charge on any atom is 0.229 e. The van der Waals surface area contributed by atoms with E-state index in [0.717, 1.165) is 18.8 Å². The molecule has 2 rings (SSSR count). The summed E-state index contributed by atoms with van der Waals surface area (Å²) in [6, 6.07) is 0. The van der Waals surface area contributed by atoms with Crippen LogP contribution in [0.2, 0.25) is 0 Å². The summed E-state index contributed by atoms with van der Waals surface area (Å²) in [6.45, 7) is 2.24. The van der Waals surface area contributed by atoms with Crippen LogP contribution in [-0.4, -0.2) is 15.5 Å². The van der Waals surface area contributed by atoms with Gasteiger partial charge in [-0.15, -0.1) is 0 Å². The molecule has 0 unspecified atom stereocenters. The number of rotatable bonds is 5. The molecule has 1 aromatic heterocycles. The van der Waals surface area contributed by atoms with Gasteiger partial charge in [-0.3, -0.25) is 10.1 Å². The number of carbonyl (C=O) groups excluding carboxylic acids is 1. The summed E-state index contributed by atoms with van der Waals surface area (Å²) in [4.78, 5) is 16.3. The van der Waals surface area contributed by atoms with Gasteiger partial charge in [-0.2, -0.15) is 0 Å². The van der Waals surface area contributed by atoms with Crippen LogP contribution in [0.3, 0.4) is 0 Å². The third-order valence-corrected chi connectivity index (χ3v) is 4.24. The molecule has 1 heterocycles. The van der Waals surface area contributed by atoms with E-state index in [1.165, 1.54) is 32.1 Å². The Bertz CT molecular complexity index is 405. The maximum atomic E-state index is 12.2. The van der Waals surface area contributed by atoms with Gasteiger partial charge in [0.15, 0.2) is 0 Å². The Kier molecular flexibility index (Phi) is 5.00. The molecule has 0 atom stereocenters. The molecule has 1 aromatic rings. The highest BCUT2D eigenvalue weighted by Crippen LogP contribution is 2.32. The van der Waals surface area contributed by atoms with Gasteiger partial charge < -0.3 is 4.57 Å². The van der Waals surface area contributed by atoms with E-state index in [1.807, 2.05) is 17.8 Å². The summed E-state index contributed by atoms with van der Waals surface area (Å²) in [5, 5.41) is 2.93. The molecule has 1 amide bonds. The molecule has 0 bridgehead atoms. The third kappa shape index (κ3) is 3.82. The Morgan fingerprint density at radius 2 is 2.16 bits per heavy atom. The zero-order valence-corrected chi connectivity index (χ0v) is 12.1. The van der Waals surface area contributed by atoms with Gasteiger partial charge in [0.05, 0.1) is 0 Å². The molecule has 1 saturated carbocycles. The molecule has 1 aliphatic rings. The summed E-state index contributed by atoms with van der Waals surface area (Å²) >= 11 is 0. The van der Waals surface area contributed by atoms with Crippen LogP contribution in [-0.2, 0) is 11.8 Å². The van der Waals surface area contributed by atoms with Crippen LogP contribution >= 0.6 is 0 Å². The number of hydrogen-bond donors (Lipinski definition) is 1. The Morgan fingerprint density at radius 1 is 1.42 bits per heavy atom. The quantitative estimate of drug-likeness (QED) is 0.885. The van der Waals surface area contributed by atoms with E-state index in [-0.39, 0.29) is 11.8 Å². The predicted molar refractivity (Wildman–Crippen MR) is 76.8 cm³/mol. The highest BCUT2D eigenvalue weighted by Gasteiger charge is 2.26. The Hall–Kier alpha value is -1.32. The van der Waals surface area contributed by atoms with E-state index >= 15 is 0 Å². The van der Waals surface area contributed by atoms with Crippen molar-refractivity contribution in [2.75, 3.05) is 5.32 Å². The summed E-state index contributed by atoms with van der Waals surface area (Å²) in [7, 11) is 1.89. The number of unbranched alkanes of at least 4 members (excludes halogenated alkanes) is 1. The summed E-state index contributed by atoms with van der Waals surface area (Å²) < 4.78 is 1.84. The first-order valence-corrected chi connectivity index (χ1v) is 7.49. The van der Waals surface area contributed by atoms with Crippen LogP contribution < -0.4 is 5.32 Å². The predicted octanol–water partition coefficient (Wildman–Crippen LogP) is 3.36. The van der Waals surface area contributed by atoms with Crippen molar-refractivity contribution in [2.45, 2.75) is 51.9 Å². The van der Waals surface area contributed by atoms with Crippen LogP contribution in [0, 0.1) is 11.8 Å². The summed E-state index contributed by atoms with van der Waals surface area (Å²) in [5.74, 6) is 1.81. The number of nitrogens with zero attached hydrogens (tertiary/aromatic N) is 2. The fourth-order valence-corrected chi connectivity index (χ4v) is 2.90. The van der Waals surface area contributed by atoms with Gasteiger partial charge in [0, 0.05) is 25.4 Å². The molecular formula is C15H25N3O. The van der Waals surface area contributed by atoms with Crippen molar-refractivity contribution < 1.29 is 4.79 Å². The van der Waals surface area contributed by atoms with Gasteiger partial charge in [0.25, 0.3) is 0 Å². The standard InChI is InChI=1S/C15H25N3O/c1-3-4-5-12-6-8-13(9-7-12)14(19)17-15-16-10-11-18(15)2/h10-13H,3-9H2,1-2H3,(H,16,17,19). The highest BCUT2D eigenvalue weighted by atomic mass is 16.2. The molecule has 0 aromatic carbocycles. The van der Waals surface area contributed by atoms with Crippen molar-refractivity contribution in [3.05, 3.63) is 12.4 Å². The number of anilines is 1. The topological polar surface area (TPSA) is 46.9 Å². The second-order valence-corrected chi connectivity index (χ2v) is 5.71. The molecule has 106 valence electrons. The van der Waals surface area contributed by atoms with E-state index in [0.29, 0.717) is 5.95 Å². The molecule has 19 heavy (non-hydrogen) atoms. The van der Waals surface area contributed by atoms with E-state index in [2.05, 4.69) is 17.2 Å². The molecule has 1 fully saturated rings. The van der Waals surface area contributed by atoms with Crippen molar-refractivity contribution >= 4 is 11.9 Å². The van der Waals surface area contributed by atoms with Crippen molar-refractivity contribution in [1.29, 1.82) is 0 Å². The monoisotopic (exact) mass is 263 g/mol. The highest BCUT2D eigenvalue weighted by molar-refractivity contribution is 5.91. The molecule has 1 aliphatic carbocycles. The Balaban J connectivity index is 1.78. The number of aromatic nitrogens is 2. The largest absolute Gasteiger partial charge is 0.320 e. The van der Waals surface area contributed by atoms with Gasteiger partial charge in [0.2, 0.25) is 11.9 Å². The van der Waals surface area contributed by atoms with Crippen LogP contribution in [0.25, 0.3) is 0 Å². The molecule has 4 heteroatoms. The zero-order chi connectivity index (χ0) is 13.7. The van der Waals surface area contributed by atoms with Crippen LogP contribution in [0.4, 0.5) is 5.95 Å². The Morgan fingerprint density at radius 3 is 2.74 bits per heavy atom. The second-order valence-electron chi connectivity index (χ2n) is 5.71. The Labute approximate surface area is 115 Å². The van der Waals surface area contributed by atoms with Crippen LogP contribution in [0.15, 0.2) is 12.4 Å². The molecule has 4 nitrogen and oxygen atoms in total.